The van der Waals surface area contributed by atoms with Crippen LogP contribution in [-0.2, 0) is 27.1 Å². The van der Waals surface area contributed by atoms with E-state index in [2.05, 4.69) is 16.9 Å². The molecule has 0 aromatic carbocycles. The molecule has 2 aromatic rings. The number of hydrogen-bond donors (Lipinski definition) is 0. The largest absolute Gasteiger partial charge is 0.462 e. The van der Waals surface area contributed by atoms with Crippen LogP contribution < -0.4 is 0 Å². The zero-order valence-corrected chi connectivity index (χ0v) is 17.3. The van der Waals surface area contributed by atoms with Crippen LogP contribution in [0.1, 0.15) is 44.1 Å². The van der Waals surface area contributed by atoms with Crippen LogP contribution in [0, 0.1) is 5.92 Å². The van der Waals surface area contributed by atoms with E-state index in [1.807, 2.05) is 13.8 Å². The molecule has 2 atom stereocenters. The Bertz CT molecular complexity index is 763. The summed E-state index contributed by atoms with van der Waals surface area (Å²) in [4.78, 5) is 23.9. The number of hydrogen-bond acceptors (Lipinski definition) is 7. The van der Waals surface area contributed by atoms with Crippen LogP contribution in [0.25, 0.3) is 10.2 Å². The lowest BCUT2D eigenvalue weighted by Crippen LogP contribution is -2.21. The fourth-order valence-corrected chi connectivity index (χ4v) is 5.67. The van der Waals surface area contributed by atoms with Gasteiger partial charge in [0.1, 0.15) is 28.0 Å². The second-order valence-corrected chi connectivity index (χ2v) is 8.86. The standard InChI is InChI=1S/C19H26N2O3S2/c1-4-14(19(22)24-9-8-23-5-2)25-17-16-13-7-6-12(3)10-15(13)26-18(16)21-11-20-17/h11-12,14H,4-10H2,1-3H3/t12-,14+/m0/s1. The van der Waals surface area contributed by atoms with Crippen molar-refractivity contribution < 1.29 is 14.3 Å². The normalized spacial score (nSPS) is 17.9. The first kappa shape index (κ1) is 19.6. The van der Waals surface area contributed by atoms with E-state index in [0.717, 1.165) is 34.0 Å². The van der Waals surface area contributed by atoms with Crippen LogP contribution in [0.5, 0.6) is 0 Å². The molecule has 5 nitrogen and oxygen atoms in total. The first-order valence-electron chi connectivity index (χ1n) is 9.30. The van der Waals surface area contributed by atoms with E-state index >= 15 is 0 Å². The molecule has 0 radical (unpaired) electrons. The predicted octanol–water partition coefficient (Wildman–Crippen LogP) is 4.27. The van der Waals surface area contributed by atoms with E-state index in [0.29, 0.717) is 26.2 Å². The number of nitrogens with zero attached hydrogens (tertiary/aromatic N) is 2. The lowest BCUT2D eigenvalue weighted by atomic mass is 9.89. The number of aromatic nitrogens is 2. The highest BCUT2D eigenvalue weighted by Gasteiger charge is 2.26. The maximum atomic E-state index is 12.4. The molecule has 0 unspecified atom stereocenters. The Morgan fingerprint density at radius 1 is 1.38 bits per heavy atom. The van der Waals surface area contributed by atoms with E-state index < -0.39 is 0 Å². The minimum absolute atomic E-state index is 0.193. The Morgan fingerprint density at radius 2 is 2.23 bits per heavy atom. The van der Waals surface area contributed by atoms with E-state index in [1.165, 1.54) is 28.6 Å². The molecule has 26 heavy (non-hydrogen) atoms. The number of ether oxygens (including phenoxy) is 2. The number of aryl methyl sites for hydroxylation is 1. The van der Waals surface area contributed by atoms with Gasteiger partial charge in [0, 0.05) is 16.9 Å². The maximum absolute atomic E-state index is 12.4. The van der Waals surface area contributed by atoms with Gasteiger partial charge in [-0.05, 0) is 44.1 Å². The summed E-state index contributed by atoms with van der Waals surface area (Å²) in [6.45, 7) is 7.61. The van der Waals surface area contributed by atoms with Gasteiger partial charge in [-0.2, -0.15) is 0 Å². The van der Waals surface area contributed by atoms with E-state index in [1.54, 1.807) is 17.7 Å². The molecule has 2 aromatic heterocycles. The fraction of sp³-hybridized carbons (Fsp3) is 0.632. The molecule has 3 rings (SSSR count). The SMILES string of the molecule is CCOCCOC(=O)[C@@H](CC)Sc1ncnc2sc3c(c12)CC[C@H](C)C3. The Hall–Kier alpha value is -1.18. The Morgan fingerprint density at radius 3 is 3.00 bits per heavy atom. The molecular formula is C19H26N2O3S2. The predicted molar refractivity (Wildman–Crippen MR) is 106 cm³/mol. The Labute approximate surface area is 162 Å². The molecule has 0 N–H and O–H groups in total. The van der Waals surface area contributed by atoms with Crippen molar-refractivity contribution in [3.8, 4) is 0 Å². The summed E-state index contributed by atoms with van der Waals surface area (Å²) in [6, 6.07) is 0. The summed E-state index contributed by atoms with van der Waals surface area (Å²) in [7, 11) is 0. The van der Waals surface area contributed by atoms with Gasteiger partial charge < -0.3 is 9.47 Å². The minimum Gasteiger partial charge on any atom is -0.462 e. The van der Waals surface area contributed by atoms with Crippen LogP contribution in [0.2, 0.25) is 0 Å². The monoisotopic (exact) mass is 394 g/mol. The number of carbonyl (C=O) groups is 1. The van der Waals surface area contributed by atoms with Crippen molar-refractivity contribution >= 4 is 39.3 Å². The van der Waals surface area contributed by atoms with Crippen molar-refractivity contribution in [2.45, 2.75) is 56.7 Å². The molecule has 0 saturated carbocycles. The molecular weight excluding hydrogens is 368 g/mol. The van der Waals surface area contributed by atoms with Gasteiger partial charge >= 0.3 is 5.97 Å². The lowest BCUT2D eigenvalue weighted by molar-refractivity contribution is -0.144. The highest BCUT2D eigenvalue weighted by molar-refractivity contribution is 8.00. The number of thioether (sulfide) groups is 1. The average Bonchev–Trinajstić information content (AvgIpc) is 3.01. The van der Waals surface area contributed by atoms with E-state index in [9.17, 15) is 4.79 Å². The van der Waals surface area contributed by atoms with Gasteiger partial charge in [-0.25, -0.2) is 9.97 Å². The van der Waals surface area contributed by atoms with Crippen LogP contribution in [0.3, 0.4) is 0 Å². The highest BCUT2D eigenvalue weighted by Crippen LogP contribution is 2.41. The van der Waals surface area contributed by atoms with Gasteiger partial charge in [-0.15, -0.1) is 11.3 Å². The molecule has 0 fully saturated rings. The third-order valence-corrected chi connectivity index (χ3v) is 7.13. The minimum atomic E-state index is -0.257. The molecule has 0 aliphatic heterocycles. The zero-order valence-electron chi connectivity index (χ0n) is 15.6. The zero-order chi connectivity index (χ0) is 18.5. The summed E-state index contributed by atoms with van der Waals surface area (Å²) >= 11 is 3.29. The highest BCUT2D eigenvalue weighted by atomic mass is 32.2. The fourth-order valence-electron chi connectivity index (χ4n) is 3.21. The Kier molecular flexibility index (Phi) is 6.89. The van der Waals surface area contributed by atoms with Gasteiger partial charge in [0.05, 0.1) is 6.61 Å². The third-order valence-electron chi connectivity index (χ3n) is 4.62. The van der Waals surface area contributed by atoms with Crippen molar-refractivity contribution in [3.05, 3.63) is 16.8 Å². The van der Waals surface area contributed by atoms with Crippen molar-refractivity contribution in [1.82, 2.24) is 9.97 Å². The molecule has 0 saturated heterocycles. The van der Waals surface area contributed by atoms with Crippen LogP contribution in [0.15, 0.2) is 11.4 Å². The summed E-state index contributed by atoms with van der Waals surface area (Å²) in [5, 5.41) is 1.81. The molecule has 142 valence electrons. The summed E-state index contributed by atoms with van der Waals surface area (Å²) < 4.78 is 10.6. The van der Waals surface area contributed by atoms with Gasteiger partial charge in [-0.3, -0.25) is 4.79 Å². The van der Waals surface area contributed by atoms with Crippen LogP contribution in [-0.4, -0.2) is 41.0 Å². The van der Waals surface area contributed by atoms with Gasteiger partial charge in [-0.1, -0.05) is 25.6 Å². The third kappa shape index (κ3) is 4.38. The molecule has 0 amide bonds. The van der Waals surface area contributed by atoms with Crippen molar-refractivity contribution in [2.24, 2.45) is 5.92 Å². The number of esters is 1. The first-order valence-corrected chi connectivity index (χ1v) is 11.0. The second-order valence-electron chi connectivity index (χ2n) is 6.59. The van der Waals surface area contributed by atoms with Gasteiger partial charge in [0.25, 0.3) is 0 Å². The number of thiophene rings is 1. The number of fused-ring (bicyclic) bond motifs is 3. The summed E-state index contributed by atoms with van der Waals surface area (Å²) in [5.74, 6) is 0.532. The number of carbonyl (C=O) groups excluding carboxylic acids is 1. The summed E-state index contributed by atoms with van der Waals surface area (Å²) in [6.07, 6.45) is 5.72. The molecule has 2 heterocycles. The molecule has 0 bridgehead atoms. The molecule has 7 heteroatoms. The smallest absolute Gasteiger partial charge is 0.319 e. The Balaban J connectivity index is 1.78. The van der Waals surface area contributed by atoms with E-state index in [-0.39, 0.29) is 11.2 Å². The van der Waals surface area contributed by atoms with Crippen LogP contribution in [0.4, 0.5) is 0 Å². The quantitative estimate of drug-likeness (QED) is 0.288. The topological polar surface area (TPSA) is 61.3 Å². The lowest BCUT2D eigenvalue weighted by Gasteiger charge is -2.18. The van der Waals surface area contributed by atoms with Gasteiger partial charge in [0.15, 0.2) is 0 Å². The van der Waals surface area contributed by atoms with Crippen molar-refractivity contribution in [1.29, 1.82) is 0 Å². The maximum Gasteiger partial charge on any atom is 0.319 e. The van der Waals surface area contributed by atoms with E-state index in [4.69, 9.17) is 9.47 Å². The van der Waals surface area contributed by atoms with Crippen LogP contribution >= 0.6 is 23.1 Å². The average molecular weight is 395 g/mol. The molecule has 0 spiro atoms. The van der Waals surface area contributed by atoms with Gasteiger partial charge in [0.2, 0.25) is 0 Å². The second kappa shape index (κ2) is 9.15. The van der Waals surface area contributed by atoms with Crippen molar-refractivity contribution in [2.75, 3.05) is 19.8 Å². The summed E-state index contributed by atoms with van der Waals surface area (Å²) in [5.41, 5.74) is 1.39. The first-order chi connectivity index (χ1) is 12.6. The number of rotatable bonds is 8. The van der Waals surface area contributed by atoms with Crippen molar-refractivity contribution in [3.63, 3.8) is 0 Å². The molecule has 1 aliphatic rings. The molecule has 1 aliphatic carbocycles.